The minimum absolute atomic E-state index is 0.126. The van der Waals surface area contributed by atoms with Crippen molar-refractivity contribution >= 4 is 17.7 Å². The van der Waals surface area contributed by atoms with Crippen LogP contribution in [-0.2, 0) is 19.9 Å². The standard InChI is InChI=1S/C14H16F3NO5/c1-3-22-11(19)13(21,14(15,16)17)9-5-7-10(8-6-9)18-12(20)23-4-2/h5-8,21H,3-4H2,1-2H3,(H,18,20)/t13-/m0/s1. The van der Waals surface area contributed by atoms with Gasteiger partial charge in [-0.25, -0.2) is 9.59 Å². The maximum absolute atomic E-state index is 13.1. The van der Waals surface area contributed by atoms with Gasteiger partial charge < -0.3 is 14.6 Å². The number of hydrogen-bond donors (Lipinski definition) is 2. The van der Waals surface area contributed by atoms with Crippen LogP contribution in [0.4, 0.5) is 23.7 Å². The number of alkyl halides is 3. The second-order valence-corrected chi connectivity index (χ2v) is 4.35. The molecule has 0 fully saturated rings. The van der Waals surface area contributed by atoms with Gasteiger partial charge in [0.15, 0.2) is 0 Å². The number of rotatable bonds is 5. The molecular weight excluding hydrogens is 319 g/mol. The van der Waals surface area contributed by atoms with Gasteiger partial charge in [-0.1, -0.05) is 12.1 Å². The number of amides is 1. The van der Waals surface area contributed by atoms with Crippen molar-refractivity contribution in [2.24, 2.45) is 0 Å². The van der Waals surface area contributed by atoms with E-state index < -0.39 is 29.4 Å². The van der Waals surface area contributed by atoms with Crippen LogP contribution in [0.3, 0.4) is 0 Å². The minimum atomic E-state index is -5.27. The van der Waals surface area contributed by atoms with Crippen LogP contribution in [0.5, 0.6) is 0 Å². The van der Waals surface area contributed by atoms with E-state index in [9.17, 15) is 27.9 Å². The second kappa shape index (κ2) is 7.32. The van der Waals surface area contributed by atoms with Crippen LogP contribution < -0.4 is 5.32 Å². The number of ether oxygens (including phenoxy) is 2. The summed E-state index contributed by atoms with van der Waals surface area (Å²) in [7, 11) is 0. The number of aliphatic hydroxyl groups is 1. The first-order valence-electron chi connectivity index (χ1n) is 6.67. The van der Waals surface area contributed by atoms with E-state index in [1.807, 2.05) is 0 Å². The van der Waals surface area contributed by atoms with Crippen LogP contribution >= 0.6 is 0 Å². The molecule has 0 saturated heterocycles. The fourth-order valence-corrected chi connectivity index (χ4v) is 1.71. The summed E-state index contributed by atoms with van der Waals surface area (Å²) in [5.74, 6) is -1.82. The van der Waals surface area contributed by atoms with Gasteiger partial charge in [-0.05, 0) is 26.0 Å². The highest BCUT2D eigenvalue weighted by molar-refractivity contribution is 5.85. The van der Waals surface area contributed by atoms with Crippen molar-refractivity contribution in [1.29, 1.82) is 0 Å². The monoisotopic (exact) mass is 335 g/mol. The topological polar surface area (TPSA) is 84.9 Å². The highest BCUT2D eigenvalue weighted by Crippen LogP contribution is 2.40. The van der Waals surface area contributed by atoms with Crippen molar-refractivity contribution in [2.45, 2.75) is 25.6 Å². The lowest BCUT2D eigenvalue weighted by atomic mass is 9.93. The molecule has 1 aromatic carbocycles. The average Bonchev–Trinajstić information content (AvgIpc) is 2.46. The fraction of sp³-hybridized carbons (Fsp3) is 0.429. The minimum Gasteiger partial charge on any atom is -0.463 e. The van der Waals surface area contributed by atoms with Gasteiger partial charge >= 0.3 is 18.2 Å². The number of carbonyl (C=O) groups excluding carboxylic acids is 2. The molecule has 6 nitrogen and oxygen atoms in total. The summed E-state index contributed by atoms with van der Waals surface area (Å²) >= 11 is 0. The maximum Gasteiger partial charge on any atom is 0.432 e. The Morgan fingerprint density at radius 3 is 2.04 bits per heavy atom. The Kier molecular flexibility index (Phi) is 5.97. The molecular formula is C14H16F3NO5. The van der Waals surface area contributed by atoms with Gasteiger partial charge in [0.2, 0.25) is 0 Å². The van der Waals surface area contributed by atoms with E-state index in [0.29, 0.717) is 0 Å². The zero-order valence-corrected chi connectivity index (χ0v) is 12.4. The van der Waals surface area contributed by atoms with Crippen LogP contribution in [0.1, 0.15) is 19.4 Å². The van der Waals surface area contributed by atoms with Gasteiger partial charge in [-0.15, -0.1) is 0 Å². The van der Waals surface area contributed by atoms with Crippen molar-refractivity contribution < 1.29 is 37.3 Å². The average molecular weight is 335 g/mol. The molecule has 0 saturated carbocycles. The van der Waals surface area contributed by atoms with Gasteiger partial charge in [0, 0.05) is 11.3 Å². The molecule has 0 heterocycles. The highest BCUT2D eigenvalue weighted by atomic mass is 19.4. The summed E-state index contributed by atoms with van der Waals surface area (Å²) in [6, 6.07) is 3.93. The maximum atomic E-state index is 13.1. The van der Waals surface area contributed by atoms with E-state index in [0.717, 1.165) is 24.3 Å². The molecule has 0 radical (unpaired) electrons. The van der Waals surface area contributed by atoms with Crippen molar-refractivity contribution in [2.75, 3.05) is 18.5 Å². The summed E-state index contributed by atoms with van der Waals surface area (Å²) in [5.41, 5.74) is -4.37. The number of esters is 1. The largest absolute Gasteiger partial charge is 0.463 e. The number of benzene rings is 1. The molecule has 2 N–H and O–H groups in total. The Labute approximate surface area is 130 Å². The van der Waals surface area contributed by atoms with E-state index in [1.54, 1.807) is 6.92 Å². The zero-order chi connectivity index (χ0) is 17.7. The van der Waals surface area contributed by atoms with Crippen LogP contribution in [0.25, 0.3) is 0 Å². The van der Waals surface area contributed by atoms with Crippen LogP contribution in [-0.4, -0.2) is 36.6 Å². The first-order valence-corrected chi connectivity index (χ1v) is 6.67. The van der Waals surface area contributed by atoms with E-state index in [1.165, 1.54) is 6.92 Å². The van der Waals surface area contributed by atoms with Crippen LogP contribution in [0, 0.1) is 0 Å². The van der Waals surface area contributed by atoms with Gasteiger partial charge in [-0.3, -0.25) is 5.32 Å². The third-order valence-electron chi connectivity index (χ3n) is 2.81. The molecule has 9 heteroatoms. The SMILES string of the molecule is CCOC(=O)Nc1ccc([C@](O)(C(=O)OCC)C(F)(F)F)cc1. The molecule has 1 aromatic rings. The first-order chi connectivity index (χ1) is 10.7. The molecule has 23 heavy (non-hydrogen) atoms. The quantitative estimate of drug-likeness (QED) is 0.808. The summed E-state index contributed by atoms with van der Waals surface area (Å²) in [5, 5.41) is 12.1. The number of nitrogens with one attached hydrogen (secondary N) is 1. The Balaban J connectivity index is 3.10. The predicted molar refractivity (Wildman–Crippen MR) is 73.7 cm³/mol. The second-order valence-electron chi connectivity index (χ2n) is 4.35. The smallest absolute Gasteiger partial charge is 0.432 e. The third-order valence-corrected chi connectivity index (χ3v) is 2.81. The number of anilines is 1. The first kappa shape index (κ1) is 18.8. The van der Waals surface area contributed by atoms with Crippen molar-refractivity contribution in [3.63, 3.8) is 0 Å². The van der Waals surface area contributed by atoms with Gasteiger partial charge in [0.1, 0.15) is 0 Å². The lowest BCUT2D eigenvalue weighted by Gasteiger charge is -2.28. The molecule has 0 aliphatic heterocycles. The van der Waals surface area contributed by atoms with Crippen molar-refractivity contribution in [3.05, 3.63) is 29.8 Å². The third kappa shape index (κ3) is 4.13. The molecule has 0 aliphatic rings. The Morgan fingerprint density at radius 1 is 1.09 bits per heavy atom. The van der Waals surface area contributed by atoms with Crippen molar-refractivity contribution in [1.82, 2.24) is 0 Å². The highest BCUT2D eigenvalue weighted by Gasteiger charge is 2.62. The lowest BCUT2D eigenvalue weighted by Crippen LogP contribution is -2.50. The lowest BCUT2D eigenvalue weighted by molar-refractivity contribution is -0.267. The molecule has 1 amide bonds. The summed E-state index contributed by atoms with van der Waals surface area (Å²) < 4.78 is 48.3. The fourth-order valence-electron chi connectivity index (χ4n) is 1.71. The molecule has 0 aliphatic carbocycles. The van der Waals surface area contributed by atoms with Crippen LogP contribution in [0.15, 0.2) is 24.3 Å². The summed E-state index contributed by atoms with van der Waals surface area (Å²) in [4.78, 5) is 22.8. The molecule has 1 rings (SSSR count). The number of halogens is 3. The summed E-state index contributed by atoms with van der Waals surface area (Å²) in [6.45, 7) is 2.72. The molecule has 128 valence electrons. The van der Waals surface area contributed by atoms with Gasteiger partial charge in [0.05, 0.1) is 13.2 Å². The van der Waals surface area contributed by atoms with Crippen LogP contribution in [0.2, 0.25) is 0 Å². The molecule has 0 bridgehead atoms. The normalized spacial score (nSPS) is 13.8. The van der Waals surface area contributed by atoms with Gasteiger partial charge in [-0.2, -0.15) is 13.2 Å². The van der Waals surface area contributed by atoms with E-state index in [2.05, 4.69) is 14.8 Å². The van der Waals surface area contributed by atoms with Crippen molar-refractivity contribution in [3.8, 4) is 0 Å². The van der Waals surface area contributed by atoms with E-state index in [4.69, 9.17) is 0 Å². The van der Waals surface area contributed by atoms with E-state index >= 15 is 0 Å². The zero-order valence-electron chi connectivity index (χ0n) is 12.4. The molecule has 0 aromatic heterocycles. The Morgan fingerprint density at radius 2 is 1.61 bits per heavy atom. The summed E-state index contributed by atoms with van der Waals surface area (Å²) in [6.07, 6.45) is -6.05. The molecule has 1 atom stereocenters. The van der Waals surface area contributed by atoms with E-state index in [-0.39, 0.29) is 18.9 Å². The Bertz CT molecular complexity index is 559. The predicted octanol–water partition coefficient (Wildman–Crippen LogP) is 2.57. The van der Waals surface area contributed by atoms with Gasteiger partial charge in [0.25, 0.3) is 5.60 Å². The molecule has 0 spiro atoms. The number of carbonyl (C=O) groups is 2. The molecule has 0 unspecified atom stereocenters. The Hall–Kier alpha value is -2.29. The number of hydrogen-bond acceptors (Lipinski definition) is 5.